The maximum Gasteiger partial charge on any atom is 0.255 e. The molecule has 6 nitrogen and oxygen atoms in total. The number of hydrogen-bond donors (Lipinski definition) is 2. The van der Waals surface area contributed by atoms with Gasteiger partial charge in [-0.25, -0.2) is 10.8 Å². The number of nitrogens with one attached hydrogen (secondary N) is 1. The number of nitriles is 1. The van der Waals surface area contributed by atoms with Crippen LogP contribution in [0, 0.1) is 11.3 Å². The molecule has 0 saturated heterocycles. The molecule has 0 aliphatic heterocycles. The van der Waals surface area contributed by atoms with Gasteiger partial charge in [-0.15, -0.1) is 0 Å². The summed E-state index contributed by atoms with van der Waals surface area (Å²) in [7, 11) is 0. The van der Waals surface area contributed by atoms with E-state index in [1.54, 1.807) is 17.0 Å². The largest absolute Gasteiger partial charge is 0.338 e. The van der Waals surface area contributed by atoms with Crippen molar-refractivity contribution in [3.8, 4) is 6.07 Å². The Balaban J connectivity index is 2.75. The number of nitrogen functional groups attached to an aromatic ring is 1. The highest BCUT2D eigenvalue weighted by Gasteiger charge is 2.13. The first-order valence-corrected chi connectivity index (χ1v) is 5.31. The van der Waals surface area contributed by atoms with Crippen LogP contribution in [0.15, 0.2) is 18.3 Å². The first kappa shape index (κ1) is 12.9. The molecular formula is C11H15N5O. The predicted molar refractivity (Wildman–Crippen MR) is 63.9 cm³/mol. The molecular weight excluding hydrogens is 218 g/mol. The Bertz CT molecular complexity index is 409. The lowest BCUT2D eigenvalue weighted by molar-refractivity contribution is 0.0767. The normalized spacial score (nSPS) is 9.47. The van der Waals surface area contributed by atoms with E-state index >= 15 is 0 Å². The Labute approximate surface area is 100 Å². The molecule has 17 heavy (non-hydrogen) atoms. The Morgan fingerprint density at radius 1 is 1.65 bits per heavy atom. The summed E-state index contributed by atoms with van der Waals surface area (Å²) in [6, 6.07) is 5.30. The van der Waals surface area contributed by atoms with Gasteiger partial charge in [0.15, 0.2) is 0 Å². The van der Waals surface area contributed by atoms with Crippen LogP contribution < -0.4 is 11.3 Å². The summed E-state index contributed by atoms with van der Waals surface area (Å²) in [5.41, 5.74) is 2.88. The van der Waals surface area contributed by atoms with E-state index < -0.39 is 0 Å². The molecule has 0 saturated carbocycles. The number of nitrogens with two attached hydrogens (primary N) is 1. The van der Waals surface area contributed by atoms with Crippen molar-refractivity contribution in [3.05, 3.63) is 23.9 Å². The molecule has 90 valence electrons. The number of rotatable bonds is 5. The van der Waals surface area contributed by atoms with Crippen LogP contribution in [0.2, 0.25) is 0 Å². The van der Waals surface area contributed by atoms with Crippen LogP contribution in [0.4, 0.5) is 5.82 Å². The Kier molecular flexibility index (Phi) is 4.91. The highest BCUT2D eigenvalue weighted by molar-refractivity contribution is 5.94. The van der Waals surface area contributed by atoms with Gasteiger partial charge in [0.25, 0.3) is 5.91 Å². The second-order valence-electron chi connectivity index (χ2n) is 3.37. The number of hydrazine groups is 1. The Morgan fingerprint density at radius 2 is 2.41 bits per heavy atom. The second-order valence-corrected chi connectivity index (χ2v) is 3.37. The van der Waals surface area contributed by atoms with Crippen molar-refractivity contribution in [3.63, 3.8) is 0 Å². The van der Waals surface area contributed by atoms with Crippen molar-refractivity contribution in [2.75, 3.05) is 18.5 Å². The van der Waals surface area contributed by atoms with Crippen molar-refractivity contribution in [1.29, 1.82) is 5.26 Å². The number of amides is 1. The Hall–Kier alpha value is -2.13. The summed E-state index contributed by atoms with van der Waals surface area (Å²) in [5.74, 6) is 5.56. The van der Waals surface area contributed by atoms with Gasteiger partial charge < -0.3 is 10.3 Å². The third-order valence-corrected chi connectivity index (χ3v) is 2.32. The minimum atomic E-state index is -0.126. The molecule has 1 rings (SSSR count). The predicted octanol–water partition coefficient (Wildman–Crippen LogP) is 0.743. The molecule has 0 aliphatic carbocycles. The molecule has 3 N–H and O–H groups in total. The van der Waals surface area contributed by atoms with Gasteiger partial charge in [0.2, 0.25) is 0 Å². The fraction of sp³-hybridized carbons (Fsp3) is 0.364. The number of aromatic nitrogens is 1. The molecule has 0 unspecified atom stereocenters. The van der Waals surface area contributed by atoms with Gasteiger partial charge in [-0.05, 0) is 19.1 Å². The molecule has 1 aromatic heterocycles. The summed E-state index contributed by atoms with van der Waals surface area (Å²) in [5, 5.41) is 8.51. The van der Waals surface area contributed by atoms with Gasteiger partial charge in [0.1, 0.15) is 5.82 Å². The average molecular weight is 233 g/mol. The van der Waals surface area contributed by atoms with E-state index in [0.717, 1.165) is 0 Å². The van der Waals surface area contributed by atoms with E-state index in [0.29, 0.717) is 30.9 Å². The van der Waals surface area contributed by atoms with Crippen LogP contribution in [0.5, 0.6) is 0 Å². The molecule has 0 radical (unpaired) electrons. The van der Waals surface area contributed by atoms with Gasteiger partial charge in [-0.1, -0.05) is 0 Å². The molecule has 1 amide bonds. The van der Waals surface area contributed by atoms with Crippen LogP contribution in [-0.2, 0) is 0 Å². The summed E-state index contributed by atoms with van der Waals surface area (Å²) >= 11 is 0. The lowest BCUT2D eigenvalue weighted by Gasteiger charge is -2.19. The first-order valence-electron chi connectivity index (χ1n) is 5.31. The van der Waals surface area contributed by atoms with E-state index in [1.165, 1.54) is 6.20 Å². The third-order valence-electron chi connectivity index (χ3n) is 2.32. The molecule has 0 spiro atoms. The SMILES string of the molecule is CCN(CCC#N)C(=O)c1ccc(NN)nc1. The van der Waals surface area contributed by atoms with Gasteiger partial charge in [0, 0.05) is 19.3 Å². The molecule has 0 aliphatic rings. The summed E-state index contributed by atoms with van der Waals surface area (Å²) in [6.07, 6.45) is 1.79. The standard InChI is InChI=1S/C11H15N5O/c1-2-16(7-3-6-12)11(17)9-4-5-10(15-13)14-8-9/h4-5,8H,2-3,7,13H2,1H3,(H,14,15). The van der Waals surface area contributed by atoms with Crippen LogP contribution >= 0.6 is 0 Å². The van der Waals surface area contributed by atoms with Gasteiger partial charge >= 0.3 is 0 Å². The number of carbonyl (C=O) groups excluding carboxylic acids is 1. The minimum Gasteiger partial charge on any atom is -0.338 e. The molecule has 0 fully saturated rings. The van der Waals surface area contributed by atoms with E-state index in [4.69, 9.17) is 11.1 Å². The first-order chi connectivity index (χ1) is 8.22. The zero-order valence-corrected chi connectivity index (χ0v) is 9.68. The van der Waals surface area contributed by atoms with E-state index in [1.807, 2.05) is 13.0 Å². The highest BCUT2D eigenvalue weighted by atomic mass is 16.2. The van der Waals surface area contributed by atoms with Crippen LogP contribution in [0.25, 0.3) is 0 Å². The number of nitrogens with zero attached hydrogens (tertiary/aromatic N) is 3. The average Bonchev–Trinajstić information content (AvgIpc) is 2.39. The number of pyridine rings is 1. The van der Waals surface area contributed by atoms with Crippen molar-refractivity contribution in [2.45, 2.75) is 13.3 Å². The summed E-state index contributed by atoms with van der Waals surface area (Å²) in [4.78, 5) is 17.6. The molecule has 6 heteroatoms. The van der Waals surface area contributed by atoms with Crippen LogP contribution in [-0.4, -0.2) is 28.9 Å². The van der Waals surface area contributed by atoms with Gasteiger partial charge in [-0.3, -0.25) is 4.79 Å². The molecule has 1 aromatic rings. The van der Waals surface area contributed by atoms with E-state index in [9.17, 15) is 4.79 Å². The second kappa shape index (κ2) is 6.45. The van der Waals surface area contributed by atoms with Crippen molar-refractivity contribution >= 4 is 11.7 Å². The van der Waals surface area contributed by atoms with Crippen molar-refractivity contribution in [2.24, 2.45) is 5.84 Å². The monoisotopic (exact) mass is 233 g/mol. The minimum absolute atomic E-state index is 0.126. The lowest BCUT2D eigenvalue weighted by atomic mass is 10.2. The molecule has 1 heterocycles. The number of carbonyl (C=O) groups is 1. The maximum absolute atomic E-state index is 12.0. The van der Waals surface area contributed by atoms with Crippen molar-refractivity contribution in [1.82, 2.24) is 9.88 Å². The zero-order valence-electron chi connectivity index (χ0n) is 9.68. The summed E-state index contributed by atoms with van der Waals surface area (Å²) < 4.78 is 0. The number of hydrogen-bond acceptors (Lipinski definition) is 5. The summed E-state index contributed by atoms with van der Waals surface area (Å²) in [6.45, 7) is 2.87. The topological polar surface area (TPSA) is 95.0 Å². The quantitative estimate of drug-likeness (QED) is 0.577. The highest BCUT2D eigenvalue weighted by Crippen LogP contribution is 2.07. The lowest BCUT2D eigenvalue weighted by Crippen LogP contribution is -2.31. The molecule has 0 aromatic carbocycles. The van der Waals surface area contributed by atoms with Crippen LogP contribution in [0.1, 0.15) is 23.7 Å². The van der Waals surface area contributed by atoms with Gasteiger partial charge in [-0.2, -0.15) is 5.26 Å². The molecule has 0 atom stereocenters. The maximum atomic E-state index is 12.0. The molecule has 0 bridgehead atoms. The zero-order chi connectivity index (χ0) is 12.7. The fourth-order valence-electron chi connectivity index (χ4n) is 1.38. The smallest absolute Gasteiger partial charge is 0.255 e. The Morgan fingerprint density at radius 3 is 2.88 bits per heavy atom. The third kappa shape index (κ3) is 3.43. The van der Waals surface area contributed by atoms with E-state index in [2.05, 4.69) is 10.4 Å². The van der Waals surface area contributed by atoms with Crippen molar-refractivity contribution < 1.29 is 4.79 Å². The van der Waals surface area contributed by atoms with E-state index in [-0.39, 0.29) is 5.91 Å². The fourth-order valence-corrected chi connectivity index (χ4v) is 1.38. The van der Waals surface area contributed by atoms with Gasteiger partial charge in [0.05, 0.1) is 18.1 Å². The van der Waals surface area contributed by atoms with Crippen LogP contribution in [0.3, 0.4) is 0 Å². The number of anilines is 1.